The first-order chi connectivity index (χ1) is 13.1. The number of hydrogen-bond acceptors (Lipinski definition) is 8. The molecule has 0 amide bonds. The summed E-state index contributed by atoms with van der Waals surface area (Å²) in [6.07, 6.45) is 12.5. The molecular weight excluding hydrogens is 380 g/mol. The fourth-order valence-corrected chi connectivity index (χ4v) is 3.36. The van der Waals surface area contributed by atoms with Crippen LogP contribution in [0.2, 0.25) is 0 Å². The third-order valence-electron chi connectivity index (χ3n) is 3.26. The highest BCUT2D eigenvalue weighted by Crippen LogP contribution is 2.40. The fraction of sp³-hybridized carbons (Fsp3) is 0.167. The summed E-state index contributed by atoms with van der Waals surface area (Å²) in [4.78, 5) is 25.5. The van der Waals surface area contributed by atoms with E-state index in [4.69, 9.17) is 0 Å². The van der Waals surface area contributed by atoms with E-state index in [1.165, 1.54) is 11.3 Å². The fourth-order valence-electron chi connectivity index (χ4n) is 2.11. The van der Waals surface area contributed by atoms with E-state index in [2.05, 4.69) is 25.4 Å². The van der Waals surface area contributed by atoms with Crippen molar-refractivity contribution in [3.63, 3.8) is 0 Å². The Hall–Kier alpha value is -2.78. The van der Waals surface area contributed by atoms with Crippen molar-refractivity contribution in [3.8, 4) is 0 Å². The van der Waals surface area contributed by atoms with E-state index in [0.29, 0.717) is 10.6 Å². The Morgan fingerprint density at radius 1 is 1.26 bits per heavy atom. The van der Waals surface area contributed by atoms with E-state index in [9.17, 15) is 4.79 Å². The molecule has 0 aromatic carbocycles. The molecule has 0 spiro atoms. The molecule has 0 aliphatic carbocycles. The summed E-state index contributed by atoms with van der Waals surface area (Å²) in [5.41, 5.74) is 1.60. The number of pyridine rings is 1. The van der Waals surface area contributed by atoms with Gasteiger partial charge in [0.05, 0.1) is 28.0 Å². The van der Waals surface area contributed by atoms with Gasteiger partial charge in [0, 0.05) is 46.0 Å². The lowest BCUT2D eigenvalue weighted by molar-refractivity contribution is 0.112. The van der Waals surface area contributed by atoms with Gasteiger partial charge in [-0.25, -0.2) is 18.8 Å². The molecule has 2 heterocycles. The van der Waals surface area contributed by atoms with Gasteiger partial charge in [-0.2, -0.15) is 0 Å². The standard InChI is InChI=1S/C18H20N6OS2/c1-5-8-21-27-22-9-6-11-24(4)13-20-17-15(12-25)26-18-16(17)14(23(2)3)7-10-19-18/h5-13H,1H2,2-4H3/b11-6+,20-13?,21-8+,22-9+. The molecule has 0 bridgehead atoms. The Morgan fingerprint density at radius 2 is 2.04 bits per heavy atom. The molecule has 0 atom stereocenters. The Labute approximate surface area is 166 Å². The number of carbonyl (C=O) groups is 1. The first kappa shape index (κ1) is 20.5. The lowest BCUT2D eigenvalue weighted by atomic mass is 10.2. The molecular formula is C18H20N6OS2. The molecule has 0 aliphatic heterocycles. The van der Waals surface area contributed by atoms with E-state index in [1.807, 2.05) is 32.1 Å². The molecule has 0 aliphatic rings. The van der Waals surface area contributed by atoms with Gasteiger partial charge < -0.3 is 9.80 Å². The molecule has 27 heavy (non-hydrogen) atoms. The summed E-state index contributed by atoms with van der Waals surface area (Å²) in [6.45, 7) is 3.53. The van der Waals surface area contributed by atoms with Crippen LogP contribution in [0.25, 0.3) is 10.2 Å². The highest BCUT2D eigenvalue weighted by molar-refractivity contribution is 7.96. The summed E-state index contributed by atoms with van der Waals surface area (Å²) < 4.78 is 7.93. The highest BCUT2D eigenvalue weighted by Gasteiger charge is 2.16. The van der Waals surface area contributed by atoms with Gasteiger partial charge in [-0.15, -0.1) is 11.3 Å². The van der Waals surface area contributed by atoms with Gasteiger partial charge >= 0.3 is 0 Å². The van der Waals surface area contributed by atoms with Gasteiger partial charge in [0.1, 0.15) is 17.0 Å². The number of fused-ring (bicyclic) bond motifs is 1. The van der Waals surface area contributed by atoms with Crippen molar-refractivity contribution in [2.24, 2.45) is 13.8 Å². The van der Waals surface area contributed by atoms with Gasteiger partial charge in [0.15, 0.2) is 6.29 Å². The number of carbonyl (C=O) groups excluding carboxylic acids is 1. The average Bonchev–Trinajstić information content (AvgIpc) is 3.03. The van der Waals surface area contributed by atoms with Crippen LogP contribution < -0.4 is 4.90 Å². The van der Waals surface area contributed by atoms with Crippen LogP contribution >= 0.6 is 23.5 Å². The summed E-state index contributed by atoms with van der Waals surface area (Å²) in [7, 11) is 5.74. The predicted octanol–water partition coefficient (Wildman–Crippen LogP) is 4.17. The van der Waals surface area contributed by atoms with Crippen LogP contribution in [0.3, 0.4) is 0 Å². The number of hydrogen-bond donors (Lipinski definition) is 0. The Bertz CT molecular complexity index is 914. The van der Waals surface area contributed by atoms with Crippen molar-refractivity contribution in [1.29, 1.82) is 0 Å². The second-order valence-electron chi connectivity index (χ2n) is 5.42. The lowest BCUT2D eigenvalue weighted by Gasteiger charge is -2.13. The number of nitrogens with zero attached hydrogens (tertiary/aromatic N) is 6. The van der Waals surface area contributed by atoms with Crippen molar-refractivity contribution in [2.75, 3.05) is 26.0 Å². The smallest absolute Gasteiger partial charge is 0.162 e. The van der Waals surface area contributed by atoms with E-state index < -0.39 is 0 Å². The SMILES string of the molecule is C=C/C=N/S/N=C/C=C/N(C)C=Nc1c(C=O)sc2nccc(N(C)C)c12. The van der Waals surface area contributed by atoms with Crippen LogP contribution in [0.1, 0.15) is 9.67 Å². The van der Waals surface area contributed by atoms with Crippen molar-refractivity contribution in [2.45, 2.75) is 0 Å². The van der Waals surface area contributed by atoms with Gasteiger partial charge in [-0.1, -0.05) is 12.7 Å². The van der Waals surface area contributed by atoms with Crippen LogP contribution in [-0.4, -0.2) is 56.1 Å². The van der Waals surface area contributed by atoms with Crippen LogP contribution in [0.15, 0.2) is 51.0 Å². The molecule has 9 heteroatoms. The molecule has 7 nitrogen and oxygen atoms in total. The van der Waals surface area contributed by atoms with Crippen molar-refractivity contribution in [3.05, 3.63) is 42.1 Å². The Morgan fingerprint density at radius 3 is 2.74 bits per heavy atom. The van der Waals surface area contributed by atoms with Crippen LogP contribution in [0, 0.1) is 0 Å². The number of thiophene rings is 1. The van der Waals surface area contributed by atoms with Crippen LogP contribution in [0.5, 0.6) is 0 Å². The zero-order valence-electron chi connectivity index (χ0n) is 15.3. The van der Waals surface area contributed by atoms with Gasteiger partial charge in [-0.3, -0.25) is 4.79 Å². The summed E-state index contributed by atoms with van der Waals surface area (Å²) in [5, 5.41) is 0.876. The Kier molecular flexibility index (Phi) is 7.90. The number of aldehydes is 1. The molecule has 0 fully saturated rings. The maximum Gasteiger partial charge on any atom is 0.162 e. The minimum Gasteiger partial charge on any atom is -0.377 e. The molecule has 140 valence electrons. The topological polar surface area (TPSA) is 73.5 Å². The minimum atomic E-state index is 0.554. The van der Waals surface area contributed by atoms with Crippen LogP contribution in [0.4, 0.5) is 11.4 Å². The first-order valence-corrected chi connectivity index (χ1v) is 9.44. The maximum atomic E-state index is 11.5. The second-order valence-corrected chi connectivity index (χ2v) is 7.03. The number of rotatable bonds is 9. The van der Waals surface area contributed by atoms with Gasteiger partial charge in [0.25, 0.3) is 0 Å². The molecule has 0 saturated heterocycles. The van der Waals surface area contributed by atoms with Gasteiger partial charge in [0.2, 0.25) is 0 Å². The zero-order chi connectivity index (χ0) is 19.6. The molecule has 0 N–H and O–H groups in total. The maximum absolute atomic E-state index is 11.5. The highest BCUT2D eigenvalue weighted by atomic mass is 32.2. The number of aliphatic imine (C=N–C) groups is 1. The van der Waals surface area contributed by atoms with Crippen molar-refractivity contribution < 1.29 is 4.79 Å². The molecule has 2 rings (SSSR count). The van der Waals surface area contributed by atoms with Crippen LogP contribution in [-0.2, 0) is 0 Å². The molecule has 0 unspecified atom stereocenters. The Balaban J connectivity index is 2.20. The van der Waals surface area contributed by atoms with Crippen molar-refractivity contribution >= 4 is 70.1 Å². The number of aromatic nitrogens is 1. The minimum absolute atomic E-state index is 0.554. The summed E-state index contributed by atoms with van der Waals surface area (Å²) >= 11 is 2.40. The largest absolute Gasteiger partial charge is 0.377 e. The molecule has 0 radical (unpaired) electrons. The predicted molar refractivity (Wildman–Crippen MR) is 119 cm³/mol. The number of anilines is 1. The second kappa shape index (κ2) is 10.4. The molecule has 0 saturated carbocycles. The van der Waals surface area contributed by atoms with E-state index in [0.717, 1.165) is 34.3 Å². The zero-order valence-corrected chi connectivity index (χ0v) is 16.9. The normalized spacial score (nSPS) is 12.1. The lowest BCUT2D eigenvalue weighted by Crippen LogP contribution is -2.09. The van der Waals surface area contributed by atoms with Crippen molar-refractivity contribution in [1.82, 2.24) is 9.88 Å². The number of allylic oxidation sites excluding steroid dienone is 2. The molecule has 2 aromatic rings. The first-order valence-electron chi connectivity index (χ1n) is 7.89. The van der Waals surface area contributed by atoms with Gasteiger partial charge in [-0.05, 0) is 12.1 Å². The summed E-state index contributed by atoms with van der Waals surface area (Å²) in [5.74, 6) is 0. The average molecular weight is 401 g/mol. The third-order valence-corrected chi connectivity index (χ3v) is 4.70. The quantitative estimate of drug-likeness (QED) is 0.273. The van der Waals surface area contributed by atoms with E-state index in [-0.39, 0.29) is 0 Å². The summed E-state index contributed by atoms with van der Waals surface area (Å²) in [6, 6.07) is 1.91. The van der Waals surface area contributed by atoms with E-state index in [1.54, 1.807) is 48.2 Å². The monoisotopic (exact) mass is 400 g/mol. The third kappa shape index (κ3) is 5.60. The molecule has 2 aromatic heterocycles. The van der Waals surface area contributed by atoms with E-state index >= 15 is 0 Å².